The van der Waals surface area contributed by atoms with Crippen molar-refractivity contribution >= 4 is 29.2 Å². The van der Waals surface area contributed by atoms with Crippen molar-refractivity contribution in [2.24, 2.45) is 0 Å². The molecule has 0 saturated carbocycles. The summed E-state index contributed by atoms with van der Waals surface area (Å²) in [7, 11) is 0. The van der Waals surface area contributed by atoms with E-state index >= 15 is 0 Å². The van der Waals surface area contributed by atoms with Crippen molar-refractivity contribution < 1.29 is 27.9 Å². The Morgan fingerprint density at radius 2 is 1.78 bits per heavy atom. The van der Waals surface area contributed by atoms with Gasteiger partial charge in [-0.1, -0.05) is 40.2 Å². The predicted octanol–water partition coefficient (Wildman–Crippen LogP) is 3.22. The lowest BCUT2D eigenvalue weighted by Crippen LogP contribution is -2.37. The average molecular weight is 557 g/mol. The summed E-state index contributed by atoms with van der Waals surface area (Å²) in [5.74, 6) is -0.907. The molecule has 0 bridgehead atoms. The summed E-state index contributed by atoms with van der Waals surface area (Å²) in [5.41, 5.74) is -0.304. The third-order valence-electron chi connectivity index (χ3n) is 5.02. The molecular weight excluding hydrogens is 540 g/mol. The van der Waals surface area contributed by atoms with E-state index in [-0.39, 0.29) is 23.0 Å². The zero-order valence-corrected chi connectivity index (χ0v) is 20.4. The van der Waals surface area contributed by atoms with Crippen molar-refractivity contribution in [3.63, 3.8) is 0 Å². The summed E-state index contributed by atoms with van der Waals surface area (Å²) in [6, 6.07) is 12.5. The molecule has 0 spiro atoms. The lowest BCUT2D eigenvalue weighted by Gasteiger charge is -2.15. The highest BCUT2D eigenvalue weighted by atomic mass is 35.5. The van der Waals surface area contributed by atoms with Crippen molar-refractivity contribution in [1.82, 2.24) is 29.3 Å². The monoisotopic (exact) mass is 556 g/mol. The number of carbonyl (C=O) groups is 1. The van der Waals surface area contributed by atoms with Crippen molar-refractivity contribution in [2.45, 2.75) is 32.3 Å². The number of aromatic nitrogens is 6. The van der Waals surface area contributed by atoms with E-state index in [4.69, 9.17) is 28.0 Å². The normalized spacial score (nSPS) is 12.5. The summed E-state index contributed by atoms with van der Waals surface area (Å²) in [5, 5.41) is 18.6. The number of halogens is 5. The Kier molecular flexibility index (Phi) is 7.39. The Balaban J connectivity index is 1.80. The standard InChI is InChI=1S/C22H17Cl2F3N6O4/c1-12(34)37-33-18(28-19(29-33)15-4-2-3-5-16(15)24)11-32-21(36)31(10-17(35)22(25,26)27)20(30-32)13-6-8-14(23)9-7-13/h2-9,17,35H,10-11H2,1H3/t17-/m0/s1. The Morgan fingerprint density at radius 3 is 2.41 bits per heavy atom. The van der Waals surface area contributed by atoms with Crippen LogP contribution in [0.1, 0.15) is 12.7 Å². The second-order valence-corrected chi connectivity index (χ2v) is 8.57. The first-order chi connectivity index (χ1) is 17.4. The zero-order chi connectivity index (χ0) is 26.9. The molecule has 37 heavy (non-hydrogen) atoms. The first-order valence-electron chi connectivity index (χ1n) is 10.5. The number of alkyl halides is 3. The number of carbonyl (C=O) groups excluding carboxylic acids is 1. The van der Waals surface area contributed by atoms with Crippen molar-refractivity contribution in [3.05, 3.63) is 74.9 Å². The number of hydrogen-bond donors (Lipinski definition) is 1. The topological polar surface area (TPSA) is 117 Å². The molecule has 194 valence electrons. The maximum Gasteiger partial charge on any atom is 0.416 e. The highest BCUT2D eigenvalue weighted by Gasteiger charge is 2.39. The molecule has 15 heteroatoms. The molecule has 2 aromatic carbocycles. The van der Waals surface area contributed by atoms with Crippen LogP contribution in [0.25, 0.3) is 22.8 Å². The van der Waals surface area contributed by atoms with Gasteiger partial charge in [-0.15, -0.1) is 10.2 Å². The summed E-state index contributed by atoms with van der Waals surface area (Å²) < 4.78 is 40.8. The Bertz CT molecular complexity index is 1500. The van der Waals surface area contributed by atoms with Gasteiger partial charge in [-0.2, -0.15) is 13.2 Å². The molecule has 2 aromatic heterocycles. The van der Waals surface area contributed by atoms with E-state index in [0.29, 0.717) is 20.2 Å². The molecule has 1 atom stereocenters. The fraction of sp³-hybridized carbons (Fsp3) is 0.227. The molecule has 0 radical (unpaired) electrons. The molecule has 1 N–H and O–H groups in total. The van der Waals surface area contributed by atoms with Gasteiger partial charge in [-0.3, -0.25) is 4.57 Å². The number of benzene rings is 2. The van der Waals surface area contributed by atoms with Crippen molar-refractivity contribution in [3.8, 4) is 22.8 Å². The lowest BCUT2D eigenvalue weighted by molar-refractivity contribution is -0.207. The molecule has 0 unspecified atom stereocenters. The molecule has 0 fully saturated rings. The molecule has 0 aliphatic heterocycles. The zero-order valence-electron chi connectivity index (χ0n) is 18.9. The van der Waals surface area contributed by atoms with Gasteiger partial charge in [0.05, 0.1) is 11.6 Å². The van der Waals surface area contributed by atoms with E-state index in [1.165, 1.54) is 24.3 Å². The van der Waals surface area contributed by atoms with E-state index < -0.39 is 37.0 Å². The van der Waals surface area contributed by atoms with Crippen molar-refractivity contribution in [2.75, 3.05) is 0 Å². The van der Waals surface area contributed by atoms with Gasteiger partial charge in [0.15, 0.2) is 23.6 Å². The SMILES string of the molecule is CC(=O)On1nc(-c2ccccc2Cl)nc1Cn1nc(-c2ccc(Cl)cc2)n(C[C@H](O)C(F)(F)F)c1=O. The van der Waals surface area contributed by atoms with Gasteiger partial charge in [0.1, 0.15) is 6.54 Å². The van der Waals surface area contributed by atoms with E-state index in [9.17, 15) is 27.9 Å². The third kappa shape index (κ3) is 5.84. The summed E-state index contributed by atoms with van der Waals surface area (Å²) >= 11 is 12.1. The smallest absolute Gasteiger partial charge is 0.382 e. The average Bonchev–Trinajstić information content (AvgIpc) is 3.35. The highest BCUT2D eigenvalue weighted by Crippen LogP contribution is 2.26. The predicted molar refractivity (Wildman–Crippen MR) is 126 cm³/mol. The summed E-state index contributed by atoms with van der Waals surface area (Å²) in [4.78, 5) is 34.9. The Hall–Kier alpha value is -3.68. The van der Waals surface area contributed by atoms with Crippen LogP contribution in [0.3, 0.4) is 0 Å². The number of hydrogen-bond acceptors (Lipinski definition) is 7. The van der Waals surface area contributed by atoms with Crippen LogP contribution in [-0.2, 0) is 17.9 Å². The summed E-state index contributed by atoms with van der Waals surface area (Å²) in [6.07, 6.45) is -7.80. The van der Waals surface area contributed by atoms with Crippen LogP contribution in [0, 0.1) is 0 Å². The second-order valence-electron chi connectivity index (χ2n) is 7.73. The number of aliphatic hydroxyl groups is 1. The minimum Gasteiger partial charge on any atom is -0.382 e. The fourth-order valence-electron chi connectivity index (χ4n) is 3.31. The van der Waals surface area contributed by atoms with E-state index in [1.54, 1.807) is 24.3 Å². The molecule has 0 saturated heterocycles. The number of nitrogens with zero attached hydrogens (tertiary/aromatic N) is 6. The highest BCUT2D eigenvalue weighted by molar-refractivity contribution is 6.33. The van der Waals surface area contributed by atoms with Crippen LogP contribution in [-0.4, -0.2) is 52.6 Å². The molecule has 4 rings (SSSR count). The van der Waals surface area contributed by atoms with Crippen LogP contribution in [0.4, 0.5) is 13.2 Å². The first-order valence-corrected chi connectivity index (χ1v) is 11.3. The van der Waals surface area contributed by atoms with Crippen LogP contribution in [0.5, 0.6) is 0 Å². The molecule has 10 nitrogen and oxygen atoms in total. The van der Waals surface area contributed by atoms with E-state index in [2.05, 4.69) is 15.2 Å². The lowest BCUT2D eigenvalue weighted by atomic mass is 10.2. The molecular formula is C22H17Cl2F3N6O4. The molecule has 0 aliphatic rings. The molecule has 0 amide bonds. The van der Waals surface area contributed by atoms with Crippen LogP contribution in [0.15, 0.2) is 53.3 Å². The maximum absolute atomic E-state index is 13.1. The maximum atomic E-state index is 13.1. The van der Waals surface area contributed by atoms with Crippen LogP contribution in [0.2, 0.25) is 10.0 Å². The minimum absolute atomic E-state index is 0.0692. The quantitative estimate of drug-likeness (QED) is 0.371. The molecule has 4 aromatic rings. The van der Waals surface area contributed by atoms with E-state index in [1.807, 2.05) is 0 Å². The molecule has 2 heterocycles. The van der Waals surface area contributed by atoms with Gasteiger partial charge in [0.2, 0.25) is 0 Å². The number of aliphatic hydroxyl groups excluding tert-OH is 1. The molecule has 0 aliphatic carbocycles. The van der Waals surface area contributed by atoms with Gasteiger partial charge in [-0.05, 0) is 36.4 Å². The van der Waals surface area contributed by atoms with Gasteiger partial charge in [0.25, 0.3) is 0 Å². The van der Waals surface area contributed by atoms with Gasteiger partial charge >= 0.3 is 17.8 Å². The van der Waals surface area contributed by atoms with Gasteiger partial charge < -0.3 is 9.94 Å². The van der Waals surface area contributed by atoms with Gasteiger partial charge in [0, 0.05) is 23.1 Å². The summed E-state index contributed by atoms with van der Waals surface area (Å²) in [6.45, 7) is -0.431. The first kappa shape index (κ1) is 26.4. The minimum atomic E-state index is -4.97. The Morgan fingerprint density at radius 1 is 1.11 bits per heavy atom. The number of rotatable bonds is 7. The van der Waals surface area contributed by atoms with Gasteiger partial charge in [-0.25, -0.2) is 19.3 Å². The van der Waals surface area contributed by atoms with E-state index in [0.717, 1.165) is 16.5 Å². The largest absolute Gasteiger partial charge is 0.416 e. The Labute approximate surface area is 216 Å². The second kappa shape index (κ2) is 10.4. The third-order valence-corrected chi connectivity index (χ3v) is 5.60. The van der Waals surface area contributed by atoms with Crippen LogP contribution < -0.4 is 10.5 Å². The van der Waals surface area contributed by atoms with Crippen molar-refractivity contribution in [1.29, 1.82) is 0 Å². The van der Waals surface area contributed by atoms with Crippen LogP contribution >= 0.6 is 23.2 Å². The fourth-order valence-corrected chi connectivity index (χ4v) is 3.66.